The van der Waals surface area contributed by atoms with E-state index in [2.05, 4.69) is 0 Å². The summed E-state index contributed by atoms with van der Waals surface area (Å²) in [5.41, 5.74) is 5.41. The predicted molar refractivity (Wildman–Crippen MR) is 84.1 cm³/mol. The van der Waals surface area contributed by atoms with E-state index < -0.39 is 26.5 Å². The van der Waals surface area contributed by atoms with Crippen LogP contribution in [0.2, 0.25) is 5.02 Å². The van der Waals surface area contributed by atoms with Crippen LogP contribution in [0.15, 0.2) is 59.5 Å². The van der Waals surface area contributed by atoms with Gasteiger partial charge in [-0.2, -0.15) is 5.26 Å². The number of hydrogen-bond acceptors (Lipinski definition) is 4. The lowest BCUT2D eigenvalue weighted by molar-refractivity contribution is 0.592. The number of hydrogen-bond donors (Lipinski definition) is 1. The lowest BCUT2D eigenvalue weighted by Gasteiger charge is -2.04. The first-order valence-electron chi connectivity index (χ1n) is 6.66. The Balaban J connectivity index is 2.04. The van der Waals surface area contributed by atoms with Gasteiger partial charge < -0.3 is 5.73 Å². The summed E-state index contributed by atoms with van der Waals surface area (Å²) in [5.74, 6) is -0.528. The summed E-state index contributed by atoms with van der Waals surface area (Å²) in [4.78, 5) is 0.130. The molecule has 0 saturated heterocycles. The smallest absolute Gasteiger partial charge is 0.184 e. The molecule has 2 aromatic carbocycles. The van der Waals surface area contributed by atoms with Crippen LogP contribution in [0.25, 0.3) is 0 Å². The minimum Gasteiger partial charge on any atom is -0.312 e. The minimum atomic E-state index is -3.71. The van der Waals surface area contributed by atoms with Gasteiger partial charge in [0.25, 0.3) is 0 Å². The molecule has 112 valence electrons. The quantitative estimate of drug-likeness (QED) is 0.936. The van der Waals surface area contributed by atoms with Gasteiger partial charge in [-0.05, 0) is 29.8 Å². The highest BCUT2D eigenvalue weighted by atomic mass is 35.5. The molecule has 0 aliphatic heterocycles. The molecule has 1 fully saturated rings. The van der Waals surface area contributed by atoms with Gasteiger partial charge in [-0.3, -0.25) is 0 Å². The average molecular weight is 333 g/mol. The maximum absolute atomic E-state index is 12.8. The van der Waals surface area contributed by atoms with Crippen LogP contribution in [0, 0.1) is 11.3 Å². The fourth-order valence-electron chi connectivity index (χ4n) is 2.83. The zero-order valence-corrected chi connectivity index (χ0v) is 13.1. The number of nitrogens with zero attached hydrogens (tertiary/aromatic N) is 1. The molecule has 2 aromatic rings. The van der Waals surface area contributed by atoms with E-state index in [-0.39, 0.29) is 4.90 Å². The summed E-state index contributed by atoms with van der Waals surface area (Å²) in [6.07, 6.45) is 0. The van der Waals surface area contributed by atoms with Crippen molar-refractivity contribution in [3.05, 3.63) is 65.2 Å². The Bertz CT molecular complexity index is 844. The topological polar surface area (TPSA) is 83.9 Å². The lowest BCUT2D eigenvalue weighted by atomic mass is 10.1. The van der Waals surface area contributed by atoms with Crippen LogP contribution in [0.3, 0.4) is 0 Å². The minimum absolute atomic E-state index is 0.130. The van der Waals surface area contributed by atoms with E-state index in [4.69, 9.17) is 17.3 Å². The van der Waals surface area contributed by atoms with Crippen LogP contribution < -0.4 is 5.73 Å². The van der Waals surface area contributed by atoms with Crippen LogP contribution in [-0.4, -0.2) is 19.2 Å². The van der Waals surface area contributed by atoms with Gasteiger partial charge in [-0.25, -0.2) is 8.42 Å². The van der Waals surface area contributed by atoms with E-state index >= 15 is 0 Å². The first kappa shape index (κ1) is 15.0. The van der Waals surface area contributed by atoms with Crippen molar-refractivity contribution in [3.8, 4) is 6.07 Å². The molecular formula is C16H13ClN2O2S. The summed E-state index contributed by atoms with van der Waals surface area (Å²) >= 11 is 5.79. The molecule has 0 radical (unpaired) electrons. The number of nitriles is 1. The molecule has 3 atom stereocenters. The lowest BCUT2D eigenvalue weighted by Crippen LogP contribution is -2.29. The average Bonchev–Trinajstić information content (AvgIpc) is 3.16. The van der Waals surface area contributed by atoms with Crippen LogP contribution in [-0.2, 0) is 9.84 Å². The van der Waals surface area contributed by atoms with Crippen molar-refractivity contribution in [2.45, 2.75) is 21.6 Å². The molecule has 6 heteroatoms. The Morgan fingerprint density at radius 3 is 2.23 bits per heavy atom. The van der Waals surface area contributed by atoms with Crippen LogP contribution in [0.4, 0.5) is 0 Å². The Morgan fingerprint density at radius 2 is 1.68 bits per heavy atom. The Labute approximate surface area is 134 Å². The number of nitrogens with two attached hydrogens (primary N) is 1. The van der Waals surface area contributed by atoms with Gasteiger partial charge in [-0.15, -0.1) is 0 Å². The number of halogens is 1. The molecule has 1 aliphatic rings. The maximum Gasteiger partial charge on any atom is 0.184 e. The second-order valence-corrected chi connectivity index (χ2v) is 7.86. The van der Waals surface area contributed by atoms with Crippen LogP contribution in [0.5, 0.6) is 0 Å². The van der Waals surface area contributed by atoms with Gasteiger partial charge in [0.15, 0.2) is 9.84 Å². The van der Waals surface area contributed by atoms with Crippen LogP contribution in [0.1, 0.15) is 11.5 Å². The van der Waals surface area contributed by atoms with Gasteiger partial charge in [0.1, 0.15) is 10.8 Å². The molecule has 0 amide bonds. The van der Waals surface area contributed by atoms with E-state index in [9.17, 15) is 13.7 Å². The molecule has 0 bridgehead atoms. The monoisotopic (exact) mass is 332 g/mol. The Hall–Kier alpha value is -1.87. The first-order chi connectivity index (χ1) is 10.4. The molecular weight excluding hydrogens is 320 g/mol. The molecule has 4 nitrogen and oxygen atoms in total. The summed E-state index contributed by atoms with van der Waals surface area (Å²) in [6.45, 7) is 0. The maximum atomic E-state index is 12.8. The Morgan fingerprint density at radius 1 is 1.09 bits per heavy atom. The summed E-state index contributed by atoms with van der Waals surface area (Å²) < 4.78 is 25.6. The van der Waals surface area contributed by atoms with Gasteiger partial charge in [0.05, 0.1) is 11.0 Å². The fraction of sp³-hybridized carbons (Fsp3) is 0.188. The van der Waals surface area contributed by atoms with Crippen molar-refractivity contribution < 1.29 is 8.42 Å². The number of benzene rings is 2. The fourth-order valence-corrected chi connectivity index (χ4v) is 5.13. The van der Waals surface area contributed by atoms with E-state index in [1.807, 2.05) is 12.1 Å². The van der Waals surface area contributed by atoms with Crippen LogP contribution >= 0.6 is 11.6 Å². The van der Waals surface area contributed by atoms with Gasteiger partial charge >= 0.3 is 0 Å². The third-order valence-electron chi connectivity index (χ3n) is 4.01. The summed E-state index contributed by atoms with van der Waals surface area (Å²) in [5, 5.41) is 8.86. The van der Waals surface area contributed by atoms with Crippen molar-refractivity contribution >= 4 is 21.4 Å². The predicted octanol–water partition coefficient (Wildman–Crippen LogP) is 2.50. The van der Waals surface area contributed by atoms with Crippen molar-refractivity contribution in [2.75, 3.05) is 0 Å². The SMILES string of the molecule is N#C[C@@]1(N)[C@@H](c2ccccc2)[C@@H]1S(=O)(=O)c1ccc(Cl)cc1. The molecule has 0 unspecified atom stereocenters. The van der Waals surface area contributed by atoms with Gasteiger partial charge in [0.2, 0.25) is 0 Å². The standard InChI is InChI=1S/C16H13ClN2O2S/c17-12-6-8-13(9-7-12)22(20,21)15-14(16(15,19)10-18)11-4-2-1-3-5-11/h1-9,14-15H,19H2/t14-,15-,16+/m0/s1. The second-order valence-electron chi connectivity index (χ2n) is 5.35. The molecule has 3 rings (SSSR count). The zero-order chi connectivity index (χ0) is 16.0. The van der Waals surface area contributed by atoms with Crippen molar-refractivity contribution in [2.24, 2.45) is 5.73 Å². The highest BCUT2D eigenvalue weighted by molar-refractivity contribution is 7.92. The molecule has 2 N–H and O–H groups in total. The van der Waals surface area contributed by atoms with Crippen molar-refractivity contribution in [3.63, 3.8) is 0 Å². The van der Waals surface area contributed by atoms with Crippen molar-refractivity contribution in [1.82, 2.24) is 0 Å². The molecule has 0 spiro atoms. The first-order valence-corrected chi connectivity index (χ1v) is 8.58. The number of sulfone groups is 1. The largest absolute Gasteiger partial charge is 0.312 e. The van der Waals surface area contributed by atoms with E-state index in [0.717, 1.165) is 5.56 Å². The summed E-state index contributed by atoms with van der Waals surface area (Å²) in [7, 11) is -3.71. The number of rotatable bonds is 3. The van der Waals surface area contributed by atoms with Gasteiger partial charge in [0, 0.05) is 10.9 Å². The molecule has 0 heterocycles. The highest BCUT2D eigenvalue weighted by Crippen LogP contribution is 2.55. The van der Waals surface area contributed by atoms with E-state index in [1.165, 1.54) is 24.3 Å². The van der Waals surface area contributed by atoms with E-state index in [0.29, 0.717) is 5.02 Å². The highest BCUT2D eigenvalue weighted by Gasteiger charge is 2.70. The second kappa shape index (κ2) is 5.10. The Kier molecular flexibility index (Phi) is 3.48. The van der Waals surface area contributed by atoms with Gasteiger partial charge in [-0.1, -0.05) is 41.9 Å². The third-order valence-corrected chi connectivity index (χ3v) is 6.52. The summed E-state index contributed by atoms with van der Waals surface area (Å²) in [6, 6.07) is 16.9. The van der Waals surface area contributed by atoms with Crippen molar-refractivity contribution in [1.29, 1.82) is 5.26 Å². The normalized spacial score (nSPS) is 27.1. The molecule has 1 aliphatic carbocycles. The molecule has 0 aromatic heterocycles. The zero-order valence-electron chi connectivity index (χ0n) is 11.5. The molecule has 22 heavy (non-hydrogen) atoms. The third kappa shape index (κ3) is 2.20. The molecule has 1 saturated carbocycles. The van der Waals surface area contributed by atoms with E-state index in [1.54, 1.807) is 24.3 Å².